The summed E-state index contributed by atoms with van der Waals surface area (Å²) in [6.45, 7) is 4.09. The Hall–Kier alpha value is -3.40. The molecule has 0 unspecified atom stereocenters. The Bertz CT molecular complexity index is 1000. The summed E-state index contributed by atoms with van der Waals surface area (Å²) in [6, 6.07) is 17.0. The first-order chi connectivity index (χ1) is 16.7. The van der Waals surface area contributed by atoms with Crippen molar-refractivity contribution in [1.29, 1.82) is 0 Å². The van der Waals surface area contributed by atoms with E-state index in [2.05, 4.69) is 21.9 Å². The highest BCUT2D eigenvalue weighted by atomic mass is 16.7. The van der Waals surface area contributed by atoms with Crippen LogP contribution in [0.3, 0.4) is 0 Å². The Labute approximate surface area is 197 Å². The van der Waals surface area contributed by atoms with E-state index in [-0.39, 0.29) is 19.8 Å². The lowest BCUT2D eigenvalue weighted by molar-refractivity contribution is -0.324. The third kappa shape index (κ3) is 5.74. The fraction of sp³-hybridized carbons (Fsp3) is 0.375. The number of nitrogens with one attached hydrogen (secondary N) is 1. The molecule has 2 aliphatic heterocycles. The monoisotopic (exact) mass is 466 g/mol. The van der Waals surface area contributed by atoms with E-state index in [4.69, 9.17) is 23.7 Å². The predicted molar refractivity (Wildman–Crippen MR) is 121 cm³/mol. The summed E-state index contributed by atoms with van der Waals surface area (Å²) in [5.41, 5.74) is 10.9. The second-order valence-electron chi connectivity index (χ2n) is 7.77. The summed E-state index contributed by atoms with van der Waals surface area (Å²) in [6.07, 6.45) is -1.99. The van der Waals surface area contributed by atoms with Crippen LogP contribution in [0, 0.1) is 0 Å². The number of hydrogen-bond donors (Lipinski definition) is 1. The van der Waals surface area contributed by atoms with E-state index >= 15 is 0 Å². The molecule has 0 aromatic heterocycles. The van der Waals surface area contributed by atoms with Crippen molar-refractivity contribution in [3.05, 3.63) is 94.9 Å². The van der Waals surface area contributed by atoms with Crippen molar-refractivity contribution in [1.82, 2.24) is 5.32 Å². The highest BCUT2D eigenvalue weighted by Crippen LogP contribution is 2.35. The van der Waals surface area contributed by atoms with Gasteiger partial charge >= 0.3 is 6.09 Å². The fourth-order valence-corrected chi connectivity index (χ4v) is 3.93. The van der Waals surface area contributed by atoms with Crippen molar-refractivity contribution in [2.24, 2.45) is 5.11 Å². The van der Waals surface area contributed by atoms with Crippen LogP contribution >= 0.6 is 0 Å². The average Bonchev–Trinajstić information content (AvgIpc) is 2.88. The minimum atomic E-state index is -0.931. The zero-order valence-corrected chi connectivity index (χ0v) is 18.4. The van der Waals surface area contributed by atoms with E-state index in [9.17, 15) is 10.3 Å². The first kappa shape index (κ1) is 23.7. The maximum atomic E-state index is 12.6. The number of azide groups is 1. The third-order valence-electron chi connectivity index (χ3n) is 5.50. The van der Waals surface area contributed by atoms with E-state index in [0.717, 1.165) is 11.1 Å². The number of amides is 1. The molecular weight excluding hydrogens is 440 g/mol. The number of nitrogens with zero attached hydrogens (tertiary/aromatic N) is 3. The van der Waals surface area contributed by atoms with Crippen molar-refractivity contribution in [2.45, 2.75) is 43.5 Å². The maximum Gasteiger partial charge on any atom is 0.407 e. The van der Waals surface area contributed by atoms with Gasteiger partial charge in [0.1, 0.15) is 18.8 Å². The minimum absolute atomic E-state index is 0.0804. The number of hydrogen-bond acceptors (Lipinski definition) is 7. The number of ether oxygens (including phenoxy) is 5. The Kier molecular flexibility index (Phi) is 8.13. The second-order valence-corrected chi connectivity index (χ2v) is 7.77. The van der Waals surface area contributed by atoms with Crippen LogP contribution in [0.4, 0.5) is 4.79 Å². The molecule has 0 radical (unpaired) electrons. The SMILES string of the molecule is C=CCO[C@H]1O[C@@H]2CO[C@@H](c3ccccc3)O[C@H]2[C@H](N=[N+]=[N-])[C@H]1NC(=O)OCc1ccccc1. The van der Waals surface area contributed by atoms with Crippen LogP contribution in [-0.2, 0) is 30.3 Å². The molecular formula is C24H26N4O6. The van der Waals surface area contributed by atoms with E-state index in [1.54, 1.807) is 6.08 Å². The number of fused-ring (bicyclic) bond motifs is 1. The van der Waals surface area contributed by atoms with Gasteiger partial charge in [0.15, 0.2) is 12.6 Å². The molecule has 2 saturated heterocycles. The standard InChI is InChI=1S/C24H26N4O6/c1-2-13-30-23-20(26-24(29)32-14-16-9-5-3-6-10-16)19(27-28-25)21-18(33-23)15-31-22(34-21)17-11-7-4-8-12-17/h2-12,18-23H,1,13-15H2,(H,26,29)/t18-,19-,20-,21-,22-,23+/m1/s1. The average molecular weight is 466 g/mol. The van der Waals surface area contributed by atoms with Crippen molar-refractivity contribution in [3.63, 3.8) is 0 Å². The first-order valence-electron chi connectivity index (χ1n) is 10.9. The number of alkyl carbamates (subject to hydrolysis) is 1. The van der Waals surface area contributed by atoms with Gasteiger partial charge in [-0.25, -0.2) is 4.79 Å². The van der Waals surface area contributed by atoms with Crippen molar-refractivity contribution in [2.75, 3.05) is 13.2 Å². The molecule has 34 heavy (non-hydrogen) atoms. The topological polar surface area (TPSA) is 124 Å². The molecule has 2 heterocycles. The summed E-state index contributed by atoms with van der Waals surface area (Å²) in [5.74, 6) is 0. The normalized spacial score (nSPS) is 28.1. The van der Waals surface area contributed by atoms with Gasteiger partial charge in [-0.3, -0.25) is 0 Å². The molecule has 0 bridgehead atoms. The molecule has 0 aliphatic carbocycles. The van der Waals surface area contributed by atoms with E-state index in [0.29, 0.717) is 0 Å². The summed E-state index contributed by atoms with van der Waals surface area (Å²) >= 11 is 0. The van der Waals surface area contributed by atoms with Crippen molar-refractivity contribution < 1.29 is 28.5 Å². The third-order valence-corrected chi connectivity index (χ3v) is 5.50. The number of carbonyl (C=O) groups excluding carboxylic acids is 1. The van der Waals surface area contributed by atoms with Crippen LogP contribution in [-0.4, -0.2) is 49.9 Å². The predicted octanol–water partition coefficient (Wildman–Crippen LogP) is 4.00. The number of benzene rings is 2. The number of rotatable bonds is 8. The largest absolute Gasteiger partial charge is 0.445 e. The van der Waals surface area contributed by atoms with Crippen LogP contribution in [0.2, 0.25) is 0 Å². The zero-order valence-electron chi connectivity index (χ0n) is 18.4. The molecule has 0 spiro atoms. The van der Waals surface area contributed by atoms with Crippen LogP contribution in [0.5, 0.6) is 0 Å². The molecule has 10 heteroatoms. The second kappa shape index (κ2) is 11.6. The Morgan fingerprint density at radius 3 is 2.62 bits per heavy atom. The van der Waals surface area contributed by atoms with Gasteiger partial charge in [0, 0.05) is 10.5 Å². The molecule has 2 aliphatic rings. The summed E-state index contributed by atoms with van der Waals surface area (Å²) in [5, 5.41) is 6.69. The lowest BCUT2D eigenvalue weighted by Crippen LogP contribution is -2.66. The Morgan fingerprint density at radius 1 is 1.18 bits per heavy atom. The highest BCUT2D eigenvalue weighted by molar-refractivity contribution is 5.67. The molecule has 1 amide bonds. The van der Waals surface area contributed by atoms with Gasteiger partial charge in [-0.15, -0.1) is 6.58 Å². The molecule has 10 nitrogen and oxygen atoms in total. The van der Waals surface area contributed by atoms with Gasteiger partial charge in [-0.2, -0.15) is 0 Å². The zero-order chi connectivity index (χ0) is 23.8. The lowest BCUT2D eigenvalue weighted by Gasteiger charge is -2.48. The van der Waals surface area contributed by atoms with Crippen LogP contribution in [0.15, 0.2) is 78.4 Å². The first-order valence-corrected chi connectivity index (χ1v) is 10.9. The minimum Gasteiger partial charge on any atom is -0.445 e. The van der Waals surface area contributed by atoms with Gasteiger partial charge in [0.2, 0.25) is 0 Å². The van der Waals surface area contributed by atoms with Crippen LogP contribution < -0.4 is 5.32 Å². The molecule has 1 N–H and O–H groups in total. The van der Waals surface area contributed by atoms with E-state index in [1.807, 2.05) is 60.7 Å². The summed E-state index contributed by atoms with van der Waals surface area (Å²) in [4.78, 5) is 15.6. The summed E-state index contributed by atoms with van der Waals surface area (Å²) < 4.78 is 29.2. The molecule has 178 valence electrons. The molecule has 2 aromatic rings. The van der Waals surface area contributed by atoms with Gasteiger partial charge in [0.25, 0.3) is 0 Å². The van der Waals surface area contributed by atoms with Gasteiger partial charge < -0.3 is 29.0 Å². The van der Waals surface area contributed by atoms with E-state index < -0.39 is 43.0 Å². The molecule has 4 rings (SSSR count). The highest BCUT2D eigenvalue weighted by Gasteiger charge is 2.50. The van der Waals surface area contributed by atoms with Crippen LogP contribution in [0.25, 0.3) is 10.4 Å². The smallest absolute Gasteiger partial charge is 0.407 e. The molecule has 2 aromatic carbocycles. The Morgan fingerprint density at radius 2 is 1.91 bits per heavy atom. The molecule has 2 fully saturated rings. The van der Waals surface area contributed by atoms with Crippen molar-refractivity contribution >= 4 is 6.09 Å². The quantitative estimate of drug-likeness (QED) is 0.271. The number of carbonyl (C=O) groups is 1. The fourth-order valence-electron chi connectivity index (χ4n) is 3.93. The van der Waals surface area contributed by atoms with Gasteiger partial charge in [-0.1, -0.05) is 71.9 Å². The van der Waals surface area contributed by atoms with Crippen molar-refractivity contribution in [3.8, 4) is 0 Å². The Balaban J connectivity index is 1.51. The molecule has 0 saturated carbocycles. The molecule has 6 atom stereocenters. The van der Waals surface area contributed by atoms with Gasteiger partial charge in [0.05, 0.1) is 25.3 Å². The summed E-state index contributed by atoms with van der Waals surface area (Å²) in [7, 11) is 0. The maximum absolute atomic E-state index is 12.6. The van der Waals surface area contributed by atoms with Crippen LogP contribution in [0.1, 0.15) is 17.4 Å². The van der Waals surface area contributed by atoms with E-state index in [1.165, 1.54) is 0 Å². The van der Waals surface area contributed by atoms with Gasteiger partial charge in [-0.05, 0) is 11.1 Å². The lowest BCUT2D eigenvalue weighted by atomic mass is 9.93.